The fourth-order valence-electron chi connectivity index (χ4n) is 5.67. The van der Waals surface area contributed by atoms with Crippen LogP contribution in [-0.4, -0.2) is 52.2 Å². The Kier molecular flexibility index (Phi) is 4.73. The SMILES string of the molecule is Cc1nc(-c2cc(C(=O)N3CC4(C3)CN(c3cccc(C#N)c3)C4)c(C)cc2C2CCC2)n[nH]1. The standard InChI is InChI=1S/C27H28N6O/c1-17-9-23(20-6-4-7-20)24(25-29-18(2)30-31-25)11-22(17)26(34)33-15-27(16-33)13-32(14-27)21-8-3-5-19(10-21)12-28/h3,5,8-11,20H,4,6-7,13-16H2,1-2H3,(H,29,30,31). The van der Waals surface area contributed by atoms with Gasteiger partial charge in [0.15, 0.2) is 5.82 Å². The molecule has 2 aromatic carbocycles. The van der Waals surface area contributed by atoms with Crippen molar-refractivity contribution in [1.29, 1.82) is 5.26 Å². The van der Waals surface area contributed by atoms with Crippen molar-refractivity contribution in [1.82, 2.24) is 20.1 Å². The van der Waals surface area contributed by atoms with Gasteiger partial charge in [-0.2, -0.15) is 10.4 Å². The van der Waals surface area contributed by atoms with Crippen molar-refractivity contribution in [3.05, 3.63) is 64.5 Å². The molecule has 7 nitrogen and oxygen atoms in total. The van der Waals surface area contributed by atoms with Gasteiger partial charge in [-0.25, -0.2) is 4.98 Å². The van der Waals surface area contributed by atoms with E-state index in [4.69, 9.17) is 5.26 Å². The number of carbonyl (C=O) groups is 1. The average molecular weight is 453 g/mol. The Morgan fingerprint density at radius 3 is 2.59 bits per heavy atom. The molecule has 3 heterocycles. The first-order chi connectivity index (χ1) is 16.4. The minimum Gasteiger partial charge on any atom is -0.370 e. The van der Waals surface area contributed by atoms with Gasteiger partial charge >= 0.3 is 0 Å². The van der Waals surface area contributed by atoms with Crippen LogP contribution in [0.4, 0.5) is 5.69 Å². The molecule has 2 aliphatic heterocycles. The summed E-state index contributed by atoms with van der Waals surface area (Å²) in [6.45, 7) is 7.35. The summed E-state index contributed by atoms with van der Waals surface area (Å²) in [5.41, 5.74) is 5.99. The fraction of sp³-hybridized carbons (Fsp3) is 0.407. The van der Waals surface area contributed by atoms with Crippen LogP contribution in [0.25, 0.3) is 11.4 Å². The second kappa shape index (κ2) is 7.69. The first-order valence-electron chi connectivity index (χ1n) is 12.0. The van der Waals surface area contributed by atoms with E-state index >= 15 is 0 Å². The van der Waals surface area contributed by atoms with Crippen molar-refractivity contribution < 1.29 is 4.79 Å². The van der Waals surface area contributed by atoms with Gasteiger partial charge < -0.3 is 9.80 Å². The molecular formula is C27H28N6O. The highest BCUT2D eigenvalue weighted by Crippen LogP contribution is 2.44. The number of carbonyl (C=O) groups excluding carboxylic acids is 1. The van der Waals surface area contributed by atoms with Crippen LogP contribution in [0.5, 0.6) is 0 Å². The first kappa shape index (κ1) is 20.9. The molecule has 2 saturated heterocycles. The van der Waals surface area contributed by atoms with Gasteiger partial charge in [0, 0.05) is 48.4 Å². The molecule has 3 fully saturated rings. The largest absolute Gasteiger partial charge is 0.370 e. The average Bonchev–Trinajstić information content (AvgIpc) is 3.17. The Hall–Kier alpha value is -3.66. The van der Waals surface area contributed by atoms with Crippen molar-refractivity contribution in [2.75, 3.05) is 31.1 Å². The van der Waals surface area contributed by atoms with E-state index in [2.05, 4.69) is 38.3 Å². The number of benzene rings is 2. The van der Waals surface area contributed by atoms with E-state index < -0.39 is 0 Å². The third kappa shape index (κ3) is 3.37. The van der Waals surface area contributed by atoms with Crippen molar-refractivity contribution in [3.8, 4) is 17.5 Å². The summed E-state index contributed by atoms with van der Waals surface area (Å²) in [4.78, 5) is 22.3. The molecule has 0 unspecified atom stereocenters. The number of likely N-dealkylation sites (tertiary alicyclic amines) is 1. The van der Waals surface area contributed by atoms with Crippen molar-refractivity contribution in [2.24, 2.45) is 5.41 Å². The van der Waals surface area contributed by atoms with E-state index in [0.29, 0.717) is 17.3 Å². The summed E-state index contributed by atoms with van der Waals surface area (Å²) < 4.78 is 0. The van der Waals surface area contributed by atoms with Gasteiger partial charge in [-0.05, 0) is 68.0 Å². The van der Waals surface area contributed by atoms with Crippen LogP contribution in [0, 0.1) is 30.6 Å². The summed E-state index contributed by atoms with van der Waals surface area (Å²) in [6.07, 6.45) is 3.63. The van der Waals surface area contributed by atoms with E-state index in [9.17, 15) is 4.79 Å². The summed E-state index contributed by atoms with van der Waals surface area (Å²) in [6, 6.07) is 14.2. The van der Waals surface area contributed by atoms with Crippen LogP contribution < -0.4 is 4.90 Å². The zero-order valence-electron chi connectivity index (χ0n) is 19.6. The number of H-pyrrole nitrogens is 1. The Labute approximate surface area is 199 Å². The van der Waals surface area contributed by atoms with Gasteiger partial charge in [-0.3, -0.25) is 9.89 Å². The molecule has 0 bridgehead atoms. The maximum absolute atomic E-state index is 13.5. The maximum atomic E-state index is 13.5. The Morgan fingerprint density at radius 1 is 1.15 bits per heavy atom. The number of rotatable bonds is 4. The van der Waals surface area contributed by atoms with Crippen molar-refractivity contribution in [3.63, 3.8) is 0 Å². The van der Waals surface area contributed by atoms with E-state index in [1.165, 1.54) is 24.8 Å². The van der Waals surface area contributed by atoms with Gasteiger partial charge in [-0.15, -0.1) is 0 Å². The molecule has 1 saturated carbocycles. The van der Waals surface area contributed by atoms with E-state index in [-0.39, 0.29) is 11.3 Å². The van der Waals surface area contributed by atoms with E-state index in [0.717, 1.165) is 54.4 Å². The molecule has 3 aromatic rings. The maximum Gasteiger partial charge on any atom is 0.254 e. The van der Waals surface area contributed by atoms with E-state index in [1.54, 1.807) is 0 Å². The predicted molar refractivity (Wildman–Crippen MR) is 130 cm³/mol. The van der Waals surface area contributed by atoms with Gasteiger partial charge in [0.2, 0.25) is 0 Å². The lowest BCUT2D eigenvalue weighted by atomic mass is 9.72. The van der Waals surface area contributed by atoms with Crippen molar-refractivity contribution >= 4 is 11.6 Å². The number of aromatic nitrogens is 3. The third-order valence-corrected chi connectivity index (χ3v) is 7.74. The van der Waals surface area contributed by atoms with Crippen LogP contribution in [0.15, 0.2) is 36.4 Å². The summed E-state index contributed by atoms with van der Waals surface area (Å²) in [7, 11) is 0. The van der Waals surface area contributed by atoms with Crippen molar-refractivity contribution in [2.45, 2.75) is 39.0 Å². The van der Waals surface area contributed by atoms with Crippen LogP contribution in [0.3, 0.4) is 0 Å². The Balaban J connectivity index is 1.19. The van der Waals surface area contributed by atoms with Gasteiger partial charge in [0.1, 0.15) is 5.82 Å². The lowest BCUT2D eigenvalue weighted by Gasteiger charge is -2.61. The number of hydrogen-bond donors (Lipinski definition) is 1. The number of hydrogen-bond acceptors (Lipinski definition) is 5. The normalized spacial score (nSPS) is 18.7. The number of amides is 1. The van der Waals surface area contributed by atoms with Gasteiger partial charge in [0.25, 0.3) is 5.91 Å². The van der Waals surface area contributed by atoms with Crippen LogP contribution >= 0.6 is 0 Å². The highest BCUT2D eigenvalue weighted by Gasteiger charge is 2.53. The topological polar surface area (TPSA) is 88.9 Å². The second-order valence-electron chi connectivity index (χ2n) is 10.3. The Morgan fingerprint density at radius 2 is 1.94 bits per heavy atom. The molecule has 172 valence electrons. The molecule has 0 atom stereocenters. The summed E-state index contributed by atoms with van der Waals surface area (Å²) in [5.74, 6) is 2.09. The highest BCUT2D eigenvalue weighted by molar-refractivity contribution is 5.98. The summed E-state index contributed by atoms with van der Waals surface area (Å²) >= 11 is 0. The van der Waals surface area contributed by atoms with Crippen LogP contribution in [0.1, 0.15) is 58.1 Å². The van der Waals surface area contributed by atoms with Gasteiger partial charge in [0.05, 0.1) is 11.6 Å². The molecule has 7 heteroatoms. The zero-order chi connectivity index (χ0) is 23.4. The zero-order valence-corrected chi connectivity index (χ0v) is 19.6. The molecule has 0 radical (unpaired) electrons. The lowest BCUT2D eigenvalue weighted by molar-refractivity contribution is -0.0105. The number of aryl methyl sites for hydroxylation is 2. The van der Waals surface area contributed by atoms with Crippen LogP contribution in [-0.2, 0) is 0 Å². The van der Waals surface area contributed by atoms with Gasteiger partial charge in [-0.1, -0.05) is 18.6 Å². The molecule has 1 N–H and O–H groups in total. The number of anilines is 1. The van der Waals surface area contributed by atoms with E-state index in [1.807, 2.05) is 43.0 Å². The molecule has 6 rings (SSSR count). The minimum atomic E-state index is 0.0988. The third-order valence-electron chi connectivity index (χ3n) is 7.74. The highest BCUT2D eigenvalue weighted by atomic mass is 16.2. The lowest BCUT2D eigenvalue weighted by Crippen LogP contribution is -2.73. The number of aromatic amines is 1. The fourth-order valence-corrected chi connectivity index (χ4v) is 5.67. The first-order valence-corrected chi connectivity index (χ1v) is 12.0. The molecule has 3 aliphatic rings. The number of nitriles is 1. The predicted octanol–water partition coefficient (Wildman–Crippen LogP) is 4.19. The minimum absolute atomic E-state index is 0.0988. The quantitative estimate of drug-likeness (QED) is 0.641. The molecule has 1 aliphatic carbocycles. The molecule has 1 aromatic heterocycles. The number of nitrogens with zero attached hydrogens (tertiary/aromatic N) is 5. The molecule has 1 amide bonds. The smallest absolute Gasteiger partial charge is 0.254 e. The second-order valence-corrected chi connectivity index (χ2v) is 10.3. The molecule has 34 heavy (non-hydrogen) atoms. The monoisotopic (exact) mass is 452 g/mol. The van der Waals surface area contributed by atoms with Crippen LogP contribution in [0.2, 0.25) is 0 Å². The number of nitrogens with one attached hydrogen (secondary N) is 1. The summed E-state index contributed by atoms with van der Waals surface area (Å²) in [5, 5.41) is 16.5. The molecular weight excluding hydrogens is 424 g/mol. The molecule has 1 spiro atoms. The Bertz CT molecular complexity index is 1320.